The lowest BCUT2D eigenvalue weighted by Crippen LogP contribution is -2.27. The molecule has 0 amide bonds. The highest BCUT2D eigenvalue weighted by Gasteiger charge is 2.26. The summed E-state index contributed by atoms with van der Waals surface area (Å²) in [5.41, 5.74) is 4.19. The van der Waals surface area contributed by atoms with E-state index in [1.54, 1.807) is 17.6 Å². The van der Waals surface area contributed by atoms with Gasteiger partial charge in [0.15, 0.2) is 15.1 Å². The number of aryl methyl sites for hydroxylation is 1. The minimum atomic E-state index is -3.88. The van der Waals surface area contributed by atoms with E-state index in [9.17, 15) is 8.42 Å². The van der Waals surface area contributed by atoms with Crippen LogP contribution in [0.4, 0.5) is 5.69 Å². The summed E-state index contributed by atoms with van der Waals surface area (Å²) in [7, 11) is 0.292. The number of thiazole rings is 1. The molecular weight excluding hydrogens is 418 g/mol. The van der Waals surface area contributed by atoms with Gasteiger partial charge in [0.2, 0.25) is 0 Å². The molecular formula is C18H18ClN5O2S2. The fourth-order valence-corrected chi connectivity index (χ4v) is 6.44. The van der Waals surface area contributed by atoms with Gasteiger partial charge in [0.1, 0.15) is 0 Å². The van der Waals surface area contributed by atoms with Gasteiger partial charge in [0, 0.05) is 54.0 Å². The summed E-state index contributed by atoms with van der Waals surface area (Å²) in [4.78, 5) is 6.95. The molecule has 5 rings (SSSR count). The third kappa shape index (κ3) is 2.65. The number of likely N-dealkylation sites (N-methyl/N-ethyl adjacent to an activating group) is 1. The van der Waals surface area contributed by atoms with Crippen LogP contribution in [0.1, 0.15) is 11.3 Å². The van der Waals surface area contributed by atoms with Crippen LogP contribution in [-0.4, -0.2) is 40.9 Å². The predicted octanol–water partition coefficient (Wildman–Crippen LogP) is 3.33. The monoisotopic (exact) mass is 435 g/mol. The summed E-state index contributed by atoms with van der Waals surface area (Å²) in [5, 5.41) is 2.80. The van der Waals surface area contributed by atoms with E-state index in [0.29, 0.717) is 10.6 Å². The molecule has 0 saturated carbocycles. The number of nitrogens with one attached hydrogen (secondary N) is 1. The molecule has 28 heavy (non-hydrogen) atoms. The average Bonchev–Trinajstić information content (AvgIpc) is 3.27. The number of sulfonamides is 1. The van der Waals surface area contributed by atoms with E-state index >= 15 is 0 Å². The second kappa shape index (κ2) is 6.21. The van der Waals surface area contributed by atoms with Crippen molar-refractivity contribution in [2.24, 2.45) is 7.05 Å². The first-order chi connectivity index (χ1) is 13.3. The minimum Gasteiger partial charge on any atom is -0.346 e. The SMILES string of the molecule is CN1CCc2c(n(C)c3ccc(NS(=O)(=O)c4c(Cl)nc5sccn45)cc23)C1. The molecule has 7 nitrogen and oxygen atoms in total. The number of hydrogen-bond acceptors (Lipinski definition) is 5. The van der Waals surface area contributed by atoms with Gasteiger partial charge in [-0.25, -0.2) is 4.98 Å². The summed E-state index contributed by atoms with van der Waals surface area (Å²) in [6.45, 7) is 1.88. The van der Waals surface area contributed by atoms with Gasteiger partial charge in [-0.15, -0.1) is 11.3 Å². The molecule has 0 bridgehead atoms. The van der Waals surface area contributed by atoms with Crippen LogP contribution in [0.15, 0.2) is 34.8 Å². The smallest absolute Gasteiger partial charge is 0.281 e. The Hall–Kier alpha value is -2.07. The summed E-state index contributed by atoms with van der Waals surface area (Å²) in [5.74, 6) is 0. The Kier molecular flexibility index (Phi) is 3.99. The van der Waals surface area contributed by atoms with Crippen molar-refractivity contribution in [3.63, 3.8) is 0 Å². The van der Waals surface area contributed by atoms with E-state index in [1.807, 2.05) is 12.1 Å². The normalized spacial score (nSPS) is 15.4. The van der Waals surface area contributed by atoms with Crippen LogP contribution in [0, 0.1) is 0 Å². The first-order valence-corrected chi connectivity index (χ1v) is 11.5. The number of fused-ring (bicyclic) bond motifs is 4. The lowest BCUT2D eigenvalue weighted by Gasteiger charge is -2.23. The molecule has 10 heteroatoms. The molecule has 1 N–H and O–H groups in total. The van der Waals surface area contributed by atoms with Crippen molar-refractivity contribution in [1.29, 1.82) is 0 Å². The summed E-state index contributed by atoms with van der Waals surface area (Å²) in [6, 6.07) is 5.66. The van der Waals surface area contributed by atoms with E-state index in [0.717, 1.165) is 30.4 Å². The molecule has 3 aromatic heterocycles. The largest absolute Gasteiger partial charge is 0.346 e. The van der Waals surface area contributed by atoms with Crippen LogP contribution in [0.2, 0.25) is 5.15 Å². The van der Waals surface area contributed by atoms with Crippen molar-refractivity contribution in [1.82, 2.24) is 18.9 Å². The maximum absolute atomic E-state index is 13.0. The zero-order chi connectivity index (χ0) is 19.6. The number of benzene rings is 1. The quantitative estimate of drug-likeness (QED) is 0.535. The topological polar surface area (TPSA) is 71.6 Å². The van der Waals surface area contributed by atoms with Gasteiger partial charge in [-0.2, -0.15) is 8.42 Å². The Bertz CT molecular complexity index is 1340. The van der Waals surface area contributed by atoms with Crippen molar-refractivity contribution < 1.29 is 8.42 Å². The Morgan fingerprint density at radius 3 is 2.93 bits per heavy atom. The van der Waals surface area contributed by atoms with Crippen molar-refractivity contribution >= 4 is 54.5 Å². The van der Waals surface area contributed by atoms with E-state index in [1.165, 1.54) is 27.0 Å². The van der Waals surface area contributed by atoms with Gasteiger partial charge in [-0.3, -0.25) is 9.12 Å². The second-order valence-electron chi connectivity index (χ2n) is 7.07. The molecule has 0 unspecified atom stereocenters. The summed E-state index contributed by atoms with van der Waals surface area (Å²) < 4.78 is 32.4. The molecule has 0 radical (unpaired) electrons. The maximum Gasteiger partial charge on any atom is 0.281 e. The molecule has 4 aromatic rings. The molecule has 1 aliphatic heterocycles. The highest BCUT2D eigenvalue weighted by Crippen LogP contribution is 2.33. The van der Waals surface area contributed by atoms with Crippen LogP contribution >= 0.6 is 22.9 Å². The van der Waals surface area contributed by atoms with Gasteiger partial charge in [0.05, 0.1) is 0 Å². The summed E-state index contributed by atoms with van der Waals surface area (Å²) >= 11 is 7.45. The van der Waals surface area contributed by atoms with Crippen LogP contribution in [0.25, 0.3) is 15.9 Å². The van der Waals surface area contributed by atoms with Gasteiger partial charge in [-0.1, -0.05) is 11.6 Å². The number of nitrogens with zero attached hydrogens (tertiary/aromatic N) is 4. The van der Waals surface area contributed by atoms with Crippen LogP contribution in [0.5, 0.6) is 0 Å². The highest BCUT2D eigenvalue weighted by molar-refractivity contribution is 7.92. The van der Waals surface area contributed by atoms with Crippen LogP contribution in [0.3, 0.4) is 0 Å². The zero-order valence-corrected chi connectivity index (χ0v) is 17.7. The molecule has 4 heterocycles. The third-order valence-electron chi connectivity index (χ3n) is 5.28. The number of rotatable bonds is 3. The number of hydrogen-bond donors (Lipinski definition) is 1. The molecule has 1 aliphatic rings. The van der Waals surface area contributed by atoms with E-state index in [-0.39, 0.29) is 10.2 Å². The van der Waals surface area contributed by atoms with Gasteiger partial charge < -0.3 is 9.47 Å². The molecule has 1 aromatic carbocycles. The standard InChI is InChI=1S/C18H18ClN5O2S2/c1-22-6-5-12-13-9-11(3-4-14(13)23(2)15(12)10-22)21-28(25,26)17-16(19)20-18-24(17)7-8-27-18/h3-4,7-9,21H,5-6,10H2,1-2H3. The van der Waals surface area contributed by atoms with Gasteiger partial charge in [-0.05, 0) is 37.2 Å². The molecule has 0 spiro atoms. The highest BCUT2D eigenvalue weighted by atomic mass is 35.5. The van der Waals surface area contributed by atoms with Gasteiger partial charge >= 0.3 is 0 Å². The maximum atomic E-state index is 13.0. The Morgan fingerprint density at radius 2 is 2.11 bits per heavy atom. The van der Waals surface area contributed by atoms with Crippen molar-refractivity contribution in [3.8, 4) is 0 Å². The predicted molar refractivity (Wildman–Crippen MR) is 112 cm³/mol. The average molecular weight is 436 g/mol. The zero-order valence-electron chi connectivity index (χ0n) is 15.3. The van der Waals surface area contributed by atoms with Crippen LogP contribution in [-0.2, 0) is 30.0 Å². The number of anilines is 1. The third-order valence-corrected chi connectivity index (χ3v) is 7.82. The summed E-state index contributed by atoms with van der Waals surface area (Å²) in [6.07, 6.45) is 2.60. The van der Waals surface area contributed by atoms with Crippen molar-refractivity contribution in [2.45, 2.75) is 18.0 Å². The molecule has 146 valence electrons. The fourth-order valence-electron chi connectivity index (χ4n) is 3.94. The van der Waals surface area contributed by atoms with E-state index in [4.69, 9.17) is 11.6 Å². The Labute approximate surface area is 171 Å². The second-order valence-corrected chi connectivity index (χ2v) is 9.90. The Morgan fingerprint density at radius 1 is 1.29 bits per heavy atom. The molecule has 0 aliphatic carbocycles. The number of imidazole rings is 1. The molecule has 0 fully saturated rings. The van der Waals surface area contributed by atoms with E-state index < -0.39 is 10.0 Å². The molecule has 0 saturated heterocycles. The number of aromatic nitrogens is 3. The minimum absolute atomic E-state index is 0.0273. The van der Waals surface area contributed by atoms with Crippen molar-refractivity contribution in [2.75, 3.05) is 18.3 Å². The van der Waals surface area contributed by atoms with Gasteiger partial charge in [0.25, 0.3) is 10.0 Å². The number of halogens is 1. The van der Waals surface area contributed by atoms with Crippen molar-refractivity contribution in [3.05, 3.63) is 46.2 Å². The lowest BCUT2D eigenvalue weighted by molar-refractivity contribution is 0.305. The lowest BCUT2D eigenvalue weighted by atomic mass is 10.0. The fraction of sp³-hybridized carbons (Fsp3) is 0.278. The first kappa shape index (κ1) is 18.0. The van der Waals surface area contributed by atoms with E-state index in [2.05, 4.69) is 33.3 Å². The first-order valence-electron chi connectivity index (χ1n) is 8.78. The van der Waals surface area contributed by atoms with Crippen LogP contribution < -0.4 is 4.72 Å². The molecule has 0 atom stereocenters. The Balaban J connectivity index is 1.58.